The van der Waals surface area contributed by atoms with Crippen molar-refractivity contribution in [1.82, 2.24) is 15.2 Å². The Bertz CT molecular complexity index is 2640. The van der Waals surface area contributed by atoms with Gasteiger partial charge in [-0.05, 0) is 11.1 Å². The molecule has 2 aliphatic heterocycles. The second-order valence-electron chi connectivity index (χ2n) is 14.0. The van der Waals surface area contributed by atoms with Gasteiger partial charge in [-0.1, -0.05) is 180 Å². The standard InChI is InChI=1S/C45H36ClN5O8S3/c1-62(55,56)58-33-27-60-42-36(41(53)51(42)37(33)43(54)57-38(28-17-7-2-8-18-28)29-19-9-3-10-20-29)48-40(52)35(34-39(46)61-44(47)49-34)50-59-45(30-21-11-4-12-22-30,31-23-13-5-14-24-31)32-25-15-6-16-26-32/h2-26,36,38,42H,27H2,1H3,(H2,47,49)(H,48,52)/t36-,42+/m1/s1. The molecule has 2 amide bonds. The molecule has 0 unspecified atom stereocenters. The van der Waals surface area contributed by atoms with E-state index in [1.807, 2.05) is 103 Å². The fraction of sp³-hybridized carbons (Fsp3) is 0.133. The molecule has 17 heteroatoms. The van der Waals surface area contributed by atoms with Crippen LogP contribution in [0.2, 0.25) is 4.34 Å². The number of nitrogen functional groups attached to an aromatic ring is 1. The highest BCUT2D eigenvalue weighted by Gasteiger charge is 2.56. The number of esters is 1. The predicted molar refractivity (Wildman–Crippen MR) is 237 cm³/mol. The highest BCUT2D eigenvalue weighted by molar-refractivity contribution is 8.00. The molecule has 1 saturated heterocycles. The molecular formula is C45H36ClN5O8S3. The van der Waals surface area contributed by atoms with Gasteiger partial charge in [0.2, 0.25) is 5.60 Å². The van der Waals surface area contributed by atoms with Crippen molar-refractivity contribution in [3.63, 3.8) is 0 Å². The van der Waals surface area contributed by atoms with E-state index in [0.717, 1.165) is 34.3 Å². The molecule has 3 heterocycles. The molecule has 314 valence electrons. The molecule has 0 spiro atoms. The van der Waals surface area contributed by atoms with Gasteiger partial charge in [0.25, 0.3) is 11.8 Å². The number of ether oxygens (including phenoxy) is 1. The molecule has 13 nitrogen and oxygen atoms in total. The smallest absolute Gasteiger partial charge is 0.359 e. The van der Waals surface area contributed by atoms with E-state index in [1.165, 1.54) is 0 Å². The van der Waals surface area contributed by atoms with Gasteiger partial charge in [-0.25, -0.2) is 9.78 Å². The fourth-order valence-corrected chi connectivity index (χ4v) is 9.99. The van der Waals surface area contributed by atoms with Crippen molar-refractivity contribution in [3.05, 3.63) is 201 Å². The van der Waals surface area contributed by atoms with Crippen LogP contribution in [-0.2, 0) is 43.9 Å². The van der Waals surface area contributed by atoms with Gasteiger partial charge in [-0.2, -0.15) is 8.42 Å². The molecule has 8 rings (SSSR count). The molecule has 5 aromatic carbocycles. The first-order valence-electron chi connectivity index (χ1n) is 19.0. The van der Waals surface area contributed by atoms with Gasteiger partial charge in [-0.15, -0.1) is 11.8 Å². The third-order valence-electron chi connectivity index (χ3n) is 9.95. The summed E-state index contributed by atoms with van der Waals surface area (Å²) in [4.78, 5) is 55.0. The number of anilines is 1. The highest BCUT2D eigenvalue weighted by atomic mass is 35.5. The van der Waals surface area contributed by atoms with Crippen molar-refractivity contribution in [1.29, 1.82) is 0 Å². The van der Waals surface area contributed by atoms with Crippen LogP contribution in [0.3, 0.4) is 0 Å². The minimum Gasteiger partial charge on any atom is -0.448 e. The van der Waals surface area contributed by atoms with Crippen LogP contribution in [0.15, 0.2) is 168 Å². The molecule has 3 N–H and O–H groups in total. The minimum atomic E-state index is -4.16. The van der Waals surface area contributed by atoms with Crippen molar-refractivity contribution < 1.29 is 36.6 Å². The number of rotatable bonds is 14. The van der Waals surface area contributed by atoms with Gasteiger partial charge in [0.05, 0.1) is 12.0 Å². The molecule has 1 aromatic heterocycles. The molecule has 0 saturated carbocycles. The first-order chi connectivity index (χ1) is 29.9. The number of β-lactam (4-membered cyclic amide) rings is 1. The summed E-state index contributed by atoms with van der Waals surface area (Å²) in [6, 6.07) is 44.7. The number of halogens is 1. The number of amides is 2. The lowest BCUT2D eigenvalue weighted by atomic mass is 9.80. The summed E-state index contributed by atoms with van der Waals surface area (Å²) in [6.45, 7) is 0. The quantitative estimate of drug-likeness (QED) is 0.0287. The number of hydrogen-bond donors (Lipinski definition) is 2. The van der Waals surface area contributed by atoms with E-state index in [1.54, 1.807) is 48.5 Å². The summed E-state index contributed by atoms with van der Waals surface area (Å²) in [5, 5.41) is 6.40. The van der Waals surface area contributed by atoms with Crippen molar-refractivity contribution in [2.45, 2.75) is 23.1 Å². The average molecular weight is 906 g/mol. The van der Waals surface area contributed by atoms with Crippen molar-refractivity contribution in [2.75, 3.05) is 17.7 Å². The molecular weight excluding hydrogens is 870 g/mol. The van der Waals surface area contributed by atoms with E-state index in [-0.39, 0.29) is 32.4 Å². The lowest BCUT2D eigenvalue weighted by Gasteiger charge is -2.49. The van der Waals surface area contributed by atoms with Crippen LogP contribution in [0.25, 0.3) is 0 Å². The van der Waals surface area contributed by atoms with Crippen LogP contribution >= 0.6 is 34.7 Å². The Hall–Kier alpha value is -6.46. The number of nitrogens with zero attached hydrogens (tertiary/aromatic N) is 3. The van der Waals surface area contributed by atoms with Gasteiger partial charge in [0.1, 0.15) is 21.4 Å². The van der Waals surface area contributed by atoms with Crippen molar-refractivity contribution in [3.8, 4) is 0 Å². The summed E-state index contributed by atoms with van der Waals surface area (Å²) in [5.41, 5.74) is 7.10. The largest absolute Gasteiger partial charge is 0.448 e. The minimum absolute atomic E-state index is 0.0419. The second kappa shape index (κ2) is 17.9. The van der Waals surface area contributed by atoms with Gasteiger partial charge < -0.3 is 24.8 Å². The summed E-state index contributed by atoms with van der Waals surface area (Å²) in [6.07, 6.45) is -0.0979. The Morgan fingerprint density at radius 3 is 1.77 bits per heavy atom. The first kappa shape index (κ1) is 42.2. The van der Waals surface area contributed by atoms with E-state index < -0.39 is 56.7 Å². The molecule has 2 atom stereocenters. The van der Waals surface area contributed by atoms with Gasteiger partial charge in [-0.3, -0.25) is 14.5 Å². The van der Waals surface area contributed by atoms with Crippen LogP contribution in [0.1, 0.15) is 39.6 Å². The molecule has 0 radical (unpaired) electrons. The normalized spacial score (nSPS) is 16.6. The lowest BCUT2D eigenvalue weighted by Crippen LogP contribution is -2.71. The van der Waals surface area contributed by atoms with Crippen LogP contribution in [-0.4, -0.2) is 65.2 Å². The number of thioether (sulfide) groups is 1. The number of carbonyl (C=O) groups is 3. The topological polar surface area (TPSA) is 180 Å². The molecule has 62 heavy (non-hydrogen) atoms. The lowest BCUT2D eigenvalue weighted by molar-refractivity contribution is -0.154. The van der Waals surface area contributed by atoms with E-state index in [9.17, 15) is 22.8 Å². The maximum Gasteiger partial charge on any atom is 0.359 e. The zero-order chi connectivity index (χ0) is 43.4. The number of hydrogen-bond acceptors (Lipinski definition) is 13. The van der Waals surface area contributed by atoms with Crippen LogP contribution in [0, 0.1) is 0 Å². The van der Waals surface area contributed by atoms with Gasteiger partial charge in [0, 0.05) is 16.7 Å². The molecule has 2 aliphatic rings. The maximum atomic E-state index is 14.5. The van der Waals surface area contributed by atoms with E-state index in [2.05, 4.69) is 15.5 Å². The number of benzene rings is 5. The monoisotopic (exact) mass is 905 g/mol. The third-order valence-corrected chi connectivity index (χ3v) is 12.8. The van der Waals surface area contributed by atoms with Crippen LogP contribution < -0.4 is 11.1 Å². The highest BCUT2D eigenvalue weighted by Crippen LogP contribution is 2.44. The Morgan fingerprint density at radius 2 is 1.32 bits per heavy atom. The SMILES string of the molecule is CS(=O)(=O)OC1=C(C(=O)OC(c2ccccc2)c2ccccc2)N2C(=O)[C@@H](NC(=O)C(=NOC(c3ccccc3)(c3ccccc3)c3ccccc3)c3nc(N)sc3Cl)[C@@H]2SC1. The summed E-state index contributed by atoms with van der Waals surface area (Å²) in [7, 11) is -4.16. The zero-order valence-corrected chi connectivity index (χ0v) is 35.9. The average Bonchev–Trinajstić information content (AvgIpc) is 3.63. The maximum absolute atomic E-state index is 14.5. The van der Waals surface area contributed by atoms with E-state index in [0.29, 0.717) is 27.8 Å². The van der Waals surface area contributed by atoms with Crippen LogP contribution in [0.5, 0.6) is 0 Å². The number of nitrogens with two attached hydrogens (primary N) is 1. The Balaban J connectivity index is 1.14. The number of fused-ring (bicyclic) bond motifs is 1. The number of aromatic nitrogens is 1. The van der Waals surface area contributed by atoms with Crippen molar-refractivity contribution >= 4 is 73.4 Å². The number of nitrogens with one attached hydrogen (secondary N) is 1. The van der Waals surface area contributed by atoms with E-state index in [4.69, 9.17) is 31.1 Å². The fourth-order valence-electron chi connectivity index (χ4n) is 7.23. The first-order valence-corrected chi connectivity index (χ1v) is 23.0. The van der Waals surface area contributed by atoms with Crippen LogP contribution in [0.4, 0.5) is 5.13 Å². The number of carbonyl (C=O) groups excluding carboxylic acids is 3. The predicted octanol–water partition coefficient (Wildman–Crippen LogP) is 7.01. The third kappa shape index (κ3) is 8.54. The zero-order valence-electron chi connectivity index (χ0n) is 32.7. The van der Waals surface area contributed by atoms with Gasteiger partial charge >= 0.3 is 16.1 Å². The summed E-state index contributed by atoms with van der Waals surface area (Å²) < 4.78 is 36.3. The van der Waals surface area contributed by atoms with Gasteiger partial charge in [0.15, 0.2) is 28.4 Å². The number of oxime groups is 1. The van der Waals surface area contributed by atoms with E-state index >= 15 is 0 Å². The molecule has 0 bridgehead atoms. The summed E-state index contributed by atoms with van der Waals surface area (Å²) >= 11 is 8.62. The molecule has 6 aromatic rings. The Kier molecular flexibility index (Phi) is 12.2. The Labute approximate surface area is 370 Å². The molecule has 0 aliphatic carbocycles. The second-order valence-corrected chi connectivity index (χ2v) is 18.3. The summed E-state index contributed by atoms with van der Waals surface area (Å²) in [5.74, 6) is -3.10. The van der Waals surface area contributed by atoms with Crippen molar-refractivity contribution in [2.24, 2.45) is 5.16 Å². The number of thiazole rings is 1. The molecule has 1 fully saturated rings. The Morgan fingerprint density at radius 1 is 0.839 bits per heavy atom.